The topological polar surface area (TPSA) is 57.8 Å². The van der Waals surface area contributed by atoms with Crippen molar-refractivity contribution >= 4 is 5.82 Å². The molecule has 4 nitrogen and oxygen atoms in total. The highest BCUT2D eigenvalue weighted by Crippen LogP contribution is 2.11. The van der Waals surface area contributed by atoms with Gasteiger partial charge < -0.3 is 10.3 Å². The molecule has 0 saturated carbocycles. The van der Waals surface area contributed by atoms with Crippen LogP contribution in [0.1, 0.15) is 65.1 Å². The normalized spacial score (nSPS) is 12.7. The molecule has 0 saturated heterocycles. The Morgan fingerprint density at radius 3 is 2.67 bits per heavy atom. The molecule has 1 atom stereocenters. The largest absolute Gasteiger partial charge is 0.367 e. The van der Waals surface area contributed by atoms with Gasteiger partial charge in [-0.3, -0.25) is 4.79 Å². The summed E-state index contributed by atoms with van der Waals surface area (Å²) in [6.45, 7) is 8.37. The molecule has 2 N–H and O–H groups in total. The van der Waals surface area contributed by atoms with Gasteiger partial charge in [-0.2, -0.15) is 0 Å². The molecule has 0 amide bonds. The molecule has 0 spiro atoms. The second kappa shape index (κ2) is 7.19. The molecular weight excluding hydrogens is 226 g/mol. The standard InChI is InChI=1S/C14H25N3O/c1-5-6-7-8-11(4)15-12-9-13(18)17-14(16-12)10(2)3/h9-11H,5-8H2,1-4H3,(H2,15,16,17,18). The predicted molar refractivity (Wildman–Crippen MR) is 76.2 cm³/mol. The van der Waals surface area contributed by atoms with Crippen molar-refractivity contribution in [1.29, 1.82) is 0 Å². The van der Waals surface area contributed by atoms with Gasteiger partial charge in [0.15, 0.2) is 0 Å². The van der Waals surface area contributed by atoms with Crippen molar-refractivity contribution in [3.8, 4) is 0 Å². The number of aromatic nitrogens is 2. The maximum atomic E-state index is 11.5. The molecule has 0 aromatic carbocycles. The number of nitrogens with one attached hydrogen (secondary N) is 2. The van der Waals surface area contributed by atoms with Gasteiger partial charge in [-0.25, -0.2) is 4.98 Å². The maximum absolute atomic E-state index is 11.5. The minimum Gasteiger partial charge on any atom is -0.367 e. The van der Waals surface area contributed by atoms with Crippen LogP contribution in [-0.4, -0.2) is 16.0 Å². The molecular formula is C14H25N3O. The average Bonchev–Trinajstić information content (AvgIpc) is 2.28. The van der Waals surface area contributed by atoms with Gasteiger partial charge in [0.1, 0.15) is 11.6 Å². The zero-order chi connectivity index (χ0) is 13.5. The molecule has 1 heterocycles. The van der Waals surface area contributed by atoms with E-state index in [4.69, 9.17) is 0 Å². The molecule has 1 aromatic rings. The van der Waals surface area contributed by atoms with Crippen LogP contribution in [0.3, 0.4) is 0 Å². The van der Waals surface area contributed by atoms with E-state index in [1.807, 2.05) is 13.8 Å². The summed E-state index contributed by atoms with van der Waals surface area (Å²) >= 11 is 0. The van der Waals surface area contributed by atoms with E-state index in [0.29, 0.717) is 11.9 Å². The fraction of sp³-hybridized carbons (Fsp3) is 0.714. The fourth-order valence-electron chi connectivity index (χ4n) is 1.85. The Bertz CT molecular complexity index is 412. The van der Waals surface area contributed by atoms with Crippen LogP contribution in [0.4, 0.5) is 5.82 Å². The Morgan fingerprint density at radius 1 is 1.33 bits per heavy atom. The van der Waals surface area contributed by atoms with E-state index in [-0.39, 0.29) is 11.5 Å². The molecule has 0 aliphatic rings. The first kappa shape index (κ1) is 14.7. The van der Waals surface area contributed by atoms with Crippen LogP contribution < -0.4 is 10.9 Å². The third kappa shape index (κ3) is 4.90. The van der Waals surface area contributed by atoms with Gasteiger partial charge in [0, 0.05) is 18.0 Å². The van der Waals surface area contributed by atoms with Gasteiger partial charge >= 0.3 is 0 Å². The minimum atomic E-state index is -0.0861. The van der Waals surface area contributed by atoms with E-state index < -0.39 is 0 Å². The third-order valence-corrected chi connectivity index (χ3v) is 2.94. The fourth-order valence-corrected chi connectivity index (χ4v) is 1.85. The molecule has 0 fully saturated rings. The highest BCUT2D eigenvalue weighted by molar-refractivity contribution is 5.34. The Hall–Kier alpha value is -1.32. The van der Waals surface area contributed by atoms with E-state index in [1.165, 1.54) is 25.3 Å². The molecule has 0 bridgehead atoms. The summed E-state index contributed by atoms with van der Waals surface area (Å²) in [5.41, 5.74) is -0.0861. The van der Waals surface area contributed by atoms with Crippen LogP contribution in [0.15, 0.2) is 10.9 Å². The average molecular weight is 251 g/mol. The SMILES string of the molecule is CCCCCC(C)Nc1cc(=O)[nH]c(C(C)C)n1. The summed E-state index contributed by atoms with van der Waals surface area (Å²) in [6.07, 6.45) is 4.81. The maximum Gasteiger partial charge on any atom is 0.252 e. The van der Waals surface area contributed by atoms with Crippen molar-refractivity contribution in [1.82, 2.24) is 9.97 Å². The van der Waals surface area contributed by atoms with Crippen molar-refractivity contribution in [3.63, 3.8) is 0 Å². The lowest BCUT2D eigenvalue weighted by atomic mass is 10.1. The van der Waals surface area contributed by atoms with Crippen molar-refractivity contribution < 1.29 is 0 Å². The second-order valence-corrected chi connectivity index (χ2v) is 5.21. The van der Waals surface area contributed by atoms with Crippen LogP contribution in [0, 0.1) is 0 Å². The summed E-state index contributed by atoms with van der Waals surface area (Å²) in [5.74, 6) is 1.66. The summed E-state index contributed by atoms with van der Waals surface area (Å²) < 4.78 is 0. The van der Waals surface area contributed by atoms with E-state index in [0.717, 1.165) is 12.2 Å². The van der Waals surface area contributed by atoms with E-state index in [1.54, 1.807) is 0 Å². The van der Waals surface area contributed by atoms with Crippen molar-refractivity contribution in [2.75, 3.05) is 5.32 Å². The number of H-pyrrole nitrogens is 1. The quantitative estimate of drug-likeness (QED) is 0.731. The van der Waals surface area contributed by atoms with E-state index >= 15 is 0 Å². The smallest absolute Gasteiger partial charge is 0.252 e. The first-order valence-electron chi connectivity index (χ1n) is 6.90. The molecule has 18 heavy (non-hydrogen) atoms. The number of anilines is 1. The molecule has 1 unspecified atom stereocenters. The summed E-state index contributed by atoms with van der Waals surface area (Å²) in [6, 6.07) is 1.88. The second-order valence-electron chi connectivity index (χ2n) is 5.21. The van der Waals surface area contributed by atoms with Crippen molar-refractivity contribution in [2.24, 2.45) is 0 Å². The number of hydrogen-bond donors (Lipinski definition) is 2. The van der Waals surface area contributed by atoms with Gasteiger partial charge in [0.2, 0.25) is 0 Å². The molecule has 1 aromatic heterocycles. The van der Waals surface area contributed by atoms with Crippen LogP contribution in [-0.2, 0) is 0 Å². The molecule has 0 aliphatic carbocycles. The predicted octanol–water partition coefficient (Wildman–Crippen LogP) is 3.27. The Kier molecular flexibility index (Phi) is 5.89. The lowest BCUT2D eigenvalue weighted by Gasteiger charge is -2.15. The lowest BCUT2D eigenvalue weighted by Crippen LogP contribution is -2.20. The van der Waals surface area contributed by atoms with Crippen LogP contribution in [0.5, 0.6) is 0 Å². The molecule has 0 radical (unpaired) electrons. The summed E-state index contributed by atoms with van der Waals surface area (Å²) in [4.78, 5) is 18.7. The highest BCUT2D eigenvalue weighted by atomic mass is 16.1. The Morgan fingerprint density at radius 2 is 2.06 bits per heavy atom. The molecule has 1 rings (SSSR count). The van der Waals surface area contributed by atoms with Crippen molar-refractivity contribution in [2.45, 2.75) is 65.3 Å². The monoisotopic (exact) mass is 251 g/mol. The first-order chi connectivity index (χ1) is 8.52. The van der Waals surface area contributed by atoms with Gasteiger partial charge in [-0.15, -0.1) is 0 Å². The summed E-state index contributed by atoms with van der Waals surface area (Å²) in [5, 5.41) is 3.31. The van der Waals surface area contributed by atoms with Crippen LogP contribution in [0.25, 0.3) is 0 Å². The van der Waals surface area contributed by atoms with E-state index in [9.17, 15) is 4.79 Å². The molecule has 102 valence electrons. The highest BCUT2D eigenvalue weighted by Gasteiger charge is 2.07. The van der Waals surface area contributed by atoms with Gasteiger partial charge in [0.05, 0.1) is 0 Å². The zero-order valence-electron chi connectivity index (χ0n) is 11.9. The Balaban J connectivity index is 2.63. The van der Waals surface area contributed by atoms with Gasteiger partial charge in [-0.05, 0) is 13.3 Å². The molecule has 4 heteroatoms. The molecule has 0 aliphatic heterocycles. The first-order valence-corrected chi connectivity index (χ1v) is 6.90. The summed E-state index contributed by atoms with van der Waals surface area (Å²) in [7, 11) is 0. The van der Waals surface area contributed by atoms with E-state index in [2.05, 4.69) is 29.1 Å². The number of nitrogens with zero attached hydrogens (tertiary/aromatic N) is 1. The van der Waals surface area contributed by atoms with Gasteiger partial charge in [-0.1, -0.05) is 40.0 Å². The van der Waals surface area contributed by atoms with Crippen molar-refractivity contribution in [3.05, 3.63) is 22.2 Å². The van der Waals surface area contributed by atoms with Crippen LogP contribution >= 0.6 is 0 Å². The number of hydrogen-bond acceptors (Lipinski definition) is 3. The minimum absolute atomic E-state index is 0.0861. The third-order valence-electron chi connectivity index (χ3n) is 2.94. The Labute approximate surface area is 109 Å². The van der Waals surface area contributed by atoms with Gasteiger partial charge in [0.25, 0.3) is 5.56 Å². The lowest BCUT2D eigenvalue weighted by molar-refractivity contribution is 0.612. The van der Waals surface area contributed by atoms with Crippen LogP contribution in [0.2, 0.25) is 0 Å². The number of rotatable bonds is 7. The zero-order valence-corrected chi connectivity index (χ0v) is 11.9. The number of aromatic amines is 1. The number of unbranched alkanes of at least 4 members (excludes halogenated alkanes) is 2.